The van der Waals surface area contributed by atoms with E-state index in [4.69, 9.17) is 0 Å². The second-order valence-electron chi connectivity index (χ2n) is 5.34. The van der Waals surface area contributed by atoms with Gasteiger partial charge in [0.1, 0.15) is 0 Å². The topological polar surface area (TPSA) is 59.3 Å². The number of para-hydroxylation sites is 1. The standard InChI is InChI=1S/C19H14N4O/c24-19(22-16-8-2-1-3-9-16)15-7-4-6-14(12-15)17-13-20-18-10-5-11-21-23(17)18/h1-13H,(H,22,24). The highest BCUT2D eigenvalue weighted by atomic mass is 16.1. The van der Waals surface area contributed by atoms with E-state index in [1.807, 2.05) is 60.7 Å². The molecule has 0 bridgehead atoms. The Morgan fingerprint density at radius 2 is 1.83 bits per heavy atom. The highest BCUT2D eigenvalue weighted by molar-refractivity contribution is 6.04. The number of anilines is 1. The fourth-order valence-corrected chi connectivity index (χ4v) is 2.57. The minimum Gasteiger partial charge on any atom is -0.322 e. The van der Waals surface area contributed by atoms with Crippen molar-refractivity contribution in [2.45, 2.75) is 0 Å². The predicted octanol–water partition coefficient (Wildman–Crippen LogP) is 3.65. The Labute approximate surface area is 138 Å². The summed E-state index contributed by atoms with van der Waals surface area (Å²) in [6.07, 6.45) is 3.47. The van der Waals surface area contributed by atoms with Gasteiger partial charge < -0.3 is 5.32 Å². The molecular formula is C19H14N4O. The van der Waals surface area contributed by atoms with E-state index in [0.717, 1.165) is 22.6 Å². The Hall–Kier alpha value is -3.47. The highest BCUT2D eigenvalue weighted by Gasteiger charge is 2.10. The maximum Gasteiger partial charge on any atom is 0.255 e. The monoisotopic (exact) mass is 314 g/mol. The van der Waals surface area contributed by atoms with E-state index in [2.05, 4.69) is 15.4 Å². The molecule has 2 heterocycles. The number of imidazole rings is 1. The van der Waals surface area contributed by atoms with Crippen LogP contribution in [0.5, 0.6) is 0 Å². The van der Waals surface area contributed by atoms with E-state index in [-0.39, 0.29) is 5.91 Å². The van der Waals surface area contributed by atoms with Crippen molar-refractivity contribution in [1.82, 2.24) is 14.6 Å². The van der Waals surface area contributed by atoms with Gasteiger partial charge >= 0.3 is 0 Å². The van der Waals surface area contributed by atoms with Gasteiger partial charge in [0.15, 0.2) is 5.65 Å². The first-order valence-corrected chi connectivity index (χ1v) is 7.57. The lowest BCUT2D eigenvalue weighted by Gasteiger charge is -2.07. The van der Waals surface area contributed by atoms with Gasteiger partial charge in [0.25, 0.3) is 5.91 Å². The molecular weight excluding hydrogens is 300 g/mol. The molecule has 0 aliphatic rings. The summed E-state index contributed by atoms with van der Waals surface area (Å²) in [7, 11) is 0. The third-order valence-corrected chi connectivity index (χ3v) is 3.73. The Kier molecular flexibility index (Phi) is 3.51. The van der Waals surface area contributed by atoms with Gasteiger partial charge in [-0.3, -0.25) is 4.79 Å². The van der Waals surface area contributed by atoms with Crippen LogP contribution in [0.15, 0.2) is 79.1 Å². The van der Waals surface area contributed by atoms with Crippen molar-refractivity contribution in [2.75, 3.05) is 5.32 Å². The van der Waals surface area contributed by atoms with Crippen LogP contribution in [-0.2, 0) is 0 Å². The van der Waals surface area contributed by atoms with Crippen LogP contribution < -0.4 is 5.32 Å². The summed E-state index contributed by atoms with van der Waals surface area (Å²) in [5.74, 6) is -0.148. The molecule has 0 atom stereocenters. The number of amides is 1. The van der Waals surface area contributed by atoms with Crippen molar-refractivity contribution in [3.8, 4) is 11.3 Å². The molecule has 5 heteroatoms. The summed E-state index contributed by atoms with van der Waals surface area (Å²) in [6.45, 7) is 0. The molecule has 0 spiro atoms. The van der Waals surface area contributed by atoms with E-state index >= 15 is 0 Å². The number of benzene rings is 2. The van der Waals surface area contributed by atoms with E-state index < -0.39 is 0 Å². The lowest BCUT2D eigenvalue weighted by molar-refractivity contribution is 0.102. The molecule has 0 saturated carbocycles. The highest BCUT2D eigenvalue weighted by Crippen LogP contribution is 2.21. The van der Waals surface area contributed by atoms with Gasteiger partial charge in [0.2, 0.25) is 0 Å². The van der Waals surface area contributed by atoms with Gasteiger partial charge in [0.05, 0.1) is 11.9 Å². The summed E-state index contributed by atoms with van der Waals surface area (Å²) >= 11 is 0. The Bertz CT molecular complexity index is 1010. The molecule has 4 rings (SSSR count). The lowest BCUT2D eigenvalue weighted by Crippen LogP contribution is -2.11. The van der Waals surface area contributed by atoms with Crippen LogP contribution in [0.1, 0.15) is 10.4 Å². The van der Waals surface area contributed by atoms with Gasteiger partial charge in [-0.05, 0) is 36.4 Å². The molecule has 0 fully saturated rings. The minimum atomic E-state index is -0.148. The Morgan fingerprint density at radius 3 is 2.71 bits per heavy atom. The number of fused-ring (bicyclic) bond motifs is 1. The van der Waals surface area contributed by atoms with Crippen LogP contribution in [0, 0.1) is 0 Å². The summed E-state index contributed by atoms with van der Waals surface area (Å²) in [5.41, 5.74) is 3.86. The van der Waals surface area contributed by atoms with Crippen LogP contribution >= 0.6 is 0 Å². The number of carbonyl (C=O) groups excluding carboxylic acids is 1. The first kappa shape index (κ1) is 14.1. The molecule has 1 amide bonds. The smallest absolute Gasteiger partial charge is 0.255 e. The maximum absolute atomic E-state index is 12.5. The number of carbonyl (C=O) groups is 1. The molecule has 0 unspecified atom stereocenters. The van der Waals surface area contributed by atoms with Gasteiger partial charge in [-0.1, -0.05) is 30.3 Å². The third-order valence-electron chi connectivity index (χ3n) is 3.73. The number of aromatic nitrogens is 3. The molecule has 5 nitrogen and oxygen atoms in total. The summed E-state index contributed by atoms with van der Waals surface area (Å²) < 4.78 is 1.76. The maximum atomic E-state index is 12.5. The van der Waals surface area contributed by atoms with E-state index in [9.17, 15) is 4.79 Å². The summed E-state index contributed by atoms with van der Waals surface area (Å²) in [4.78, 5) is 16.8. The van der Waals surface area contributed by atoms with E-state index in [1.165, 1.54) is 0 Å². The number of hydrogen-bond donors (Lipinski definition) is 1. The van der Waals surface area contributed by atoms with Crippen LogP contribution in [0.2, 0.25) is 0 Å². The SMILES string of the molecule is O=C(Nc1ccccc1)c1cccc(-c2cnc3cccnn23)c1. The summed E-state index contributed by atoms with van der Waals surface area (Å²) in [6, 6.07) is 20.6. The van der Waals surface area contributed by atoms with Gasteiger partial charge in [-0.2, -0.15) is 5.10 Å². The molecule has 0 aliphatic heterocycles. The van der Waals surface area contributed by atoms with Crippen molar-refractivity contribution in [1.29, 1.82) is 0 Å². The average molecular weight is 314 g/mol. The van der Waals surface area contributed by atoms with Crippen molar-refractivity contribution in [3.05, 3.63) is 84.7 Å². The van der Waals surface area contributed by atoms with Gasteiger partial charge in [-0.15, -0.1) is 0 Å². The fraction of sp³-hybridized carbons (Fsp3) is 0. The zero-order valence-electron chi connectivity index (χ0n) is 12.8. The second kappa shape index (κ2) is 5.96. The Morgan fingerprint density at radius 1 is 0.958 bits per heavy atom. The third kappa shape index (κ3) is 2.63. The molecule has 4 aromatic rings. The Balaban J connectivity index is 1.68. The molecule has 0 aliphatic carbocycles. The van der Waals surface area contributed by atoms with Gasteiger partial charge in [0, 0.05) is 23.0 Å². The van der Waals surface area contributed by atoms with Crippen LogP contribution in [0.25, 0.3) is 16.9 Å². The van der Waals surface area contributed by atoms with E-state index in [0.29, 0.717) is 5.56 Å². The molecule has 0 radical (unpaired) electrons. The van der Waals surface area contributed by atoms with Crippen molar-refractivity contribution >= 4 is 17.2 Å². The fourth-order valence-electron chi connectivity index (χ4n) is 2.57. The quantitative estimate of drug-likeness (QED) is 0.628. The molecule has 24 heavy (non-hydrogen) atoms. The number of nitrogens with one attached hydrogen (secondary N) is 1. The molecule has 1 N–H and O–H groups in total. The summed E-state index contributed by atoms with van der Waals surface area (Å²) in [5, 5.41) is 7.20. The second-order valence-corrected chi connectivity index (χ2v) is 5.34. The largest absolute Gasteiger partial charge is 0.322 e. The van der Waals surface area contributed by atoms with Crippen molar-refractivity contribution in [2.24, 2.45) is 0 Å². The van der Waals surface area contributed by atoms with Crippen LogP contribution in [-0.4, -0.2) is 20.5 Å². The zero-order valence-corrected chi connectivity index (χ0v) is 12.8. The van der Waals surface area contributed by atoms with Crippen LogP contribution in [0.4, 0.5) is 5.69 Å². The number of rotatable bonds is 3. The average Bonchev–Trinajstić information content (AvgIpc) is 3.07. The lowest BCUT2D eigenvalue weighted by atomic mass is 10.1. The normalized spacial score (nSPS) is 10.7. The van der Waals surface area contributed by atoms with E-state index in [1.54, 1.807) is 23.0 Å². The minimum absolute atomic E-state index is 0.148. The van der Waals surface area contributed by atoms with Gasteiger partial charge in [-0.25, -0.2) is 9.50 Å². The number of hydrogen-bond acceptors (Lipinski definition) is 3. The molecule has 2 aromatic carbocycles. The number of nitrogens with zero attached hydrogens (tertiary/aromatic N) is 3. The molecule has 2 aromatic heterocycles. The molecule has 116 valence electrons. The first-order chi connectivity index (χ1) is 11.8. The van der Waals surface area contributed by atoms with Crippen LogP contribution in [0.3, 0.4) is 0 Å². The van der Waals surface area contributed by atoms with Crippen molar-refractivity contribution in [3.63, 3.8) is 0 Å². The zero-order chi connectivity index (χ0) is 16.4. The first-order valence-electron chi connectivity index (χ1n) is 7.57. The van der Waals surface area contributed by atoms with Crippen molar-refractivity contribution < 1.29 is 4.79 Å². The predicted molar refractivity (Wildman–Crippen MR) is 92.8 cm³/mol. The molecule has 0 saturated heterocycles.